The van der Waals surface area contributed by atoms with Crippen LogP contribution in [0.5, 0.6) is 0 Å². The lowest BCUT2D eigenvalue weighted by molar-refractivity contribution is -0.121. The highest BCUT2D eigenvalue weighted by molar-refractivity contribution is 7.98. The minimum absolute atomic E-state index is 0.00706. The molecule has 0 aromatic heterocycles. The zero-order chi connectivity index (χ0) is 12.8. The van der Waals surface area contributed by atoms with Crippen LogP contribution in [-0.2, 0) is 11.3 Å². The number of amides is 1. The molecule has 0 radical (unpaired) electrons. The molecular formula is C13H20N2OS. The van der Waals surface area contributed by atoms with Gasteiger partial charge in [0.05, 0.1) is 0 Å². The fourth-order valence-corrected chi connectivity index (χ4v) is 2.26. The number of thioether (sulfide) groups is 1. The van der Waals surface area contributed by atoms with Crippen molar-refractivity contribution in [1.29, 1.82) is 0 Å². The van der Waals surface area contributed by atoms with Gasteiger partial charge in [-0.3, -0.25) is 4.79 Å². The van der Waals surface area contributed by atoms with Gasteiger partial charge in [0.25, 0.3) is 0 Å². The zero-order valence-electron chi connectivity index (χ0n) is 10.6. The number of benzene rings is 1. The number of hydrogen-bond acceptors (Lipinski definition) is 3. The molecule has 0 heterocycles. The summed E-state index contributed by atoms with van der Waals surface area (Å²) in [7, 11) is 0. The molecule has 3 N–H and O–H groups in total. The summed E-state index contributed by atoms with van der Waals surface area (Å²) >= 11 is 1.70. The molecule has 17 heavy (non-hydrogen) atoms. The van der Waals surface area contributed by atoms with Crippen LogP contribution in [0.3, 0.4) is 0 Å². The van der Waals surface area contributed by atoms with Crippen LogP contribution in [-0.4, -0.2) is 18.2 Å². The molecule has 0 aliphatic carbocycles. The van der Waals surface area contributed by atoms with E-state index in [-0.39, 0.29) is 11.9 Å². The number of carbonyl (C=O) groups excluding carboxylic acids is 1. The average molecular weight is 252 g/mol. The van der Waals surface area contributed by atoms with Gasteiger partial charge in [0.2, 0.25) is 5.91 Å². The first kappa shape index (κ1) is 14.1. The maximum atomic E-state index is 11.5. The number of aryl methyl sites for hydroxylation is 1. The third kappa shape index (κ3) is 4.79. The molecule has 0 aliphatic heterocycles. The Bertz CT molecular complexity index is 391. The van der Waals surface area contributed by atoms with Crippen LogP contribution in [0.4, 0.5) is 0 Å². The summed E-state index contributed by atoms with van der Waals surface area (Å²) in [6.45, 7) is 4.47. The van der Waals surface area contributed by atoms with E-state index in [0.29, 0.717) is 13.0 Å². The van der Waals surface area contributed by atoms with Gasteiger partial charge in [-0.25, -0.2) is 0 Å². The van der Waals surface area contributed by atoms with Crippen molar-refractivity contribution < 1.29 is 4.79 Å². The third-order valence-corrected chi connectivity index (χ3v) is 3.25. The van der Waals surface area contributed by atoms with Crippen molar-refractivity contribution in [3.63, 3.8) is 0 Å². The van der Waals surface area contributed by atoms with Crippen molar-refractivity contribution in [2.75, 3.05) is 6.26 Å². The zero-order valence-corrected chi connectivity index (χ0v) is 11.4. The lowest BCUT2D eigenvalue weighted by Gasteiger charge is -2.11. The number of carbonyl (C=O) groups is 1. The SMILES string of the molecule is CSc1cc(C)ccc1CNC(=O)CC(C)N. The average Bonchev–Trinajstić information content (AvgIpc) is 2.26. The number of rotatable bonds is 5. The Morgan fingerprint density at radius 2 is 2.24 bits per heavy atom. The van der Waals surface area contributed by atoms with E-state index in [9.17, 15) is 4.79 Å². The van der Waals surface area contributed by atoms with Gasteiger partial charge < -0.3 is 11.1 Å². The highest BCUT2D eigenvalue weighted by Gasteiger charge is 2.06. The van der Waals surface area contributed by atoms with Crippen LogP contribution >= 0.6 is 11.8 Å². The first-order chi connectivity index (χ1) is 8.02. The van der Waals surface area contributed by atoms with E-state index >= 15 is 0 Å². The molecule has 3 nitrogen and oxygen atoms in total. The minimum Gasteiger partial charge on any atom is -0.352 e. The van der Waals surface area contributed by atoms with Crippen LogP contribution in [0.2, 0.25) is 0 Å². The molecule has 0 saturated carbocycles. The van der Waals surface area contributed by atoms with Crippen LogP contribution in [0.25, 0.3) is 0 Å². The van der Waals surface area contributed by atoms with Crippen molar-refractivity contribution >= 4 is 17.7 Å². The molecule has 1 rings (SSSR count). The van der Waals surface area contributed by atoms with Crippen molar-refractivity contribution in [3.8, 4) is 0 Å². The highest BCUT2D eigenvalue weighted by Crippen LogP contribution is 2.21. The van der Waals surface area contributed by atoms with E-state index in [1.165, 1.54) is 10.5 Å². The molecule has 94 valence electrons. The minimum atomic E-state index is -0.0898. The number of nitrogens with two attached hydrogens (primary N) is 1. The molecule has 1 aromatic rings. The second kappa shape index (κ2) is 6.67. The topological polar surface area (TPSA) is 55.1 Å². The summed E-state index contributed by atoms with van der Waals surface area (Å²) in [5, 5.41) is 2.89. The lowest BCUT2D eigenvalue weighted by Crippen LogP contribution is -2.29. The quantitative estimate of drug-likeness (QED) is 0.789. The van der Waals surface area contributed by atoms with Gasteiger partial charge in [-0.2, -0.15) is 0 Å². The molecule has 1 unspecified atom stereocenters. The predicted molar refractivity (Wildman–Crippen MR) is 73.1 cm³/mol. The van der Waals surface area contributed by atoms with E-state index in [4.69, 9.17) is 5.73 Å². The van der Waals surface area contributed by atoms with Gasteiger partial charge >= 0.3 is 0 Å². The Morgan fingerprint density at radius 3 is 2.82 bits per heavy atom. The molecule has 0 aliphatic rings. The molecule has 0 spiro atoms. The predicted octanol–water partition coefficient (Wildman–Crippen LogP) is 2.07. The summed E-state index contributed by atoms with van der Waals surface area (Å²) in [6.07, 6.45) is 2.42. The van der Waals surface area contributed by atoms with Crippen LogP contribution in [0.15, 0.2) is 23.1 Å². The van der Waals surface area contributed by atoms with Gasteiger partial charge in [-0.05, 0) is 37.3 Å². The summed E-state index contributed by atoms with van der Waals surface area (Å²) in [6, 6.07) is 6.17. The normalized spacial score (nSPS) is 12.2. The second-order valence-corrected chi connectivity index (χ2v) is 5.12. The molecular weight excluding hydrogens is 232 g/mol. The lowest BCUT2D eigenvalue weighted by atomic mass is 10.1. The molecule has 1 aromatic carbocycles. The maximum absolute atomic E-state index is 11.5. The second-order valence-electron chi connectivity index (χ2n) is 4.27. The van der Waals surface area contributed by atoms with Gasteiger partial charge in [-0.1, -0.05) is 12.1 Å². The Balaban J connectivity index is 2.60. The Kier molecular flexibility index (Phi) is 5.51. The fraction of sp³-hybridized carbons (Fsp3) is 0.462. The Morgan fingerprint density at radius 1 is 1.53 bits per heavy atom. The van der Waals surface area contributed by atoms with Crippen LogP contribution in [0.1, 0.15) is 24.5 Å². The van der Waals surface area contributed by atoms with Gasteiger partial charge in [0, 0.05) is 23.9 Å². The van der Waals surface area contributed by atoms with Crippen LogP contribution in [0, 0.1) is 6.92 Å². The smallest absolute Gasteiger partial charge is 0.221 e. The molecule has 1 atom stereocenters. The summed E-state index contributed by atoms with van der Waals surface area (Å²) in [5.74, 6) is 0.00706. The molecule has 0 bridgehead atoms. The number of nitrogens with one attached hydrogen (secondary N) is 1. The third-order valence-electron chi connectivity index (χ3n) is 2.43. The highest BCUT2D eigenvalue weighted by atomic mass is 32.2. The van der Waals surface area contributed by atoms with E-state index in [0.717, 1.165) is 5.56 Å². The maximum Gasteiger partial charge on any atom is 0.221 e. The molecule has 1 amide bonds. The largest absolute Gasteiger partial charge is 0.352 e. The van der Waals surface area contributed by atoms with E-state index in [1.54, 1.807) is 11.8 Å². The fourth-order valence-electron chi connectivity index (χ4n) is 1.56. The van der Waals surface area contributed by atoms with Gasteiger partial charge in [-0.15, -0.1) is 11.8 Å². The first-order valence-electron chi connectivity index (χ1n) is 5.68. The van der Waals surface area contributed by atoms with Crippen molar-refractivity contribution in [3.05, 3.63) is 29.3 Å². The summed E-state index contributed by atoms with van der Waals surface area (Å²) in [5.41, 5.74) is 7.96. The van der Waals surface area contributed by atoms with Gasteiger partial charge in [0.1, 0.15) is 0 Å². The van der Waals surface area contributed by atoms with E-state index in [1.807, 2.05) is 13.2 Å². The molecule has 4 heteroatoms. The van der Waals surface area contributed by atoms with Gasteiger partial charge in [0.15, 0.2) is 0 Å². The first-order valence-corrected chi connectivity index (χ1v) is 6.91. The summed E-state index contributed by atoms with van der Waals surface area (Å²) in [4.78, 5) is 12.7. The standard InChI is InChI=1S/C13H20N2OS/c1-9-4-5-11(12(6-9)17-3)8-15-13(16)7-10(2)14/h4-6,10H,7-8,14H2,1-3H3,(H,15,16). The summed E-state index contributed by atoms with van der Waals surface area (Å²) < 4.78 is 0. The van der Waals surface area contributed by atoms with Crippen molar-refractivity contribution in [2.45, 2.75) is 37.8 Å². The number of hydrogen-bond donors (Lipinski definition) is 2. The molecule has 0 saturated heterocycles. The monoisotopic (exact) mass is 252 g/mol. The Hall–Kier alpha value is -1.00. The van der Waals surface area contributed by atoms with Crippen molar-refractivity contribution in [1.82, 2.24) is 5.32 Å². The Labute approximate surface area is 107 Å². The molecule has 0 fully saturated rings. The van der Waals surface area contributed by atoms with E-state index < -0.39 is 0 Å². The van der Waals surface area contributed by atoms with Crippen molar-refractivity contribution in [2.24, 2.45) is 5.73 Å². The van der Waals surface area contributed by atoms with E-state index in [2.05, 4.69) is 30.4 Å². The van der Waals surface area contributed by atoms with Crippen LogP contribution < -0.4 is 11.1 Å².